The molecule has 0 spiro atoms. The molecule has 0 fully saturated rings. The van der Waals surface area contributed by atoms with E-state index < -0.39 is 18.0 Å². The van der Waals surface area contributed by atoms with E-state index in [4.69, 9.17) is 14.9 Å². The standard InChI is InChI=1S/C27H33N3O7/c1-7-36-21-10-16-12-30(25(28)17(16)11-18(21)26(34)29-5)13-20(31)15-8-19(27(2,3)4)24(33)22(9-15)37-14-23(32)35-6/h8-11,28,33H,7,12-14H2,1-6H3,(H,29,34). The monoisotopic (exact) mass is 511 g/mol. The first-order valence-electron chi connectivity index (χ1n) is 11.9. The number of rotatable bonds is 9. The van der Waals surface area contributed by atoms with Crippen molar-refractivity contribution in [1.82, 2.24) is 10.2 Å². The van der Waals surface area contributed by atoms with Crippen LogP contribution in [0, 0.1) is 5.41 Å². The number of nitrogens with one attached hydrogen (secondary N) is 2. The van der Waals surface area contributed by atoms with Crippen LogP contribution < -0.4 is 14.8 Å². The average molecular weight is 512 g/mol. The van der Waals surface area contributed by atoms with Crippen LogP contribution in [0.15, 0.2) is 24.3 Å². The Labute approximate surface area is 216 Å². The second-order valence-electron chi connectivity index (χ2n) is 9.63. The number of fused-ring (bicyclic) bond motifs is 1. The molecule has 0 atom stereocenters. The van der Waals surface area contributed by atoms with Crippen molar-refractivity contribution >= 4 is 23.5 Å². The first-order valence-corrected chi connectivity index (χ1v) is 11.9. The van der Waals surface area contributed by atoms with E-state index in [1.165, 1.54) is 20.2 Å². The Morgan fingerprint density at radius 3 is 2.41 bits per heavy atom. The van der Waals surface area contributed by atoms with Gasteiger partial charge in [0.15, 0.2) is 23.9 Å². The van der Waals surface area contributed by atoms with E-state index in [-0.39, 0.29) is 41.1 Å². The molecular formula is C27H33N3O7. The molecule has 2 aromatic carbocycles. The molecule has 3 rings (SSSR count). The molecule has 3 N–H and O–H groups in total. The highest BCUT2D eigenvalue weighted by Gasteiger charge is 2.30. The number of amides is 1. The van der Waals surface area contributed by atoms with Gasteiger partial charge in [-0.25, -0.2) is 4.79 Å². The van der Waals surface area contributed by atoms with E-state index >= 15 is 0 Å². The Morgan fingerprint density at radius 1 is 1.11 bits per heavy atom. The van der Waals surface area contributed by atoms with Gasteiger partial charge in [-0.05, 0) is 42.2 Å². The minimum absolute atomic E-state index is 0.00228. The van der Waals surface area contributed by atoms with Gasteiger partial charge in [0.2, 0.25) is 0 Å². The first-order chi connectivity index (χ1) is 17.4. The molecule has 0 aliphatic carbocycles. The van der Waals surface area contributed by atoms with Gasteiger partial charge >= 0.3 is 5.97 Å². The number of nitrogens with zero attached hydrogens (tertiary/aromatic N) is 1. The van der Waals surface area contributed by atoms with Crippen molar-refractivity contribution < 1.29 is 33.7 Å². The summed E-state index contributed by atoms with van der Waals surface area (Å²) in [6.07, 6.45) is 0. The quantitative estimate of drug-likeness (QED) is 0.345. The summed E-state index contributed by atoms with van der Waals surface area (Å²) >= 11 is 0. The molecule has 37 heavy (non-hydrogen) atoms. The summed E-state index contributed by atoms with van der Waals surface area (Å²) in [6.45, 7) is 7.60. The zero-order valence-electron chi connectivity index (χ0n) is 22.0. The van der Waals surface area contributed by atoms with Crippen LogP contribution in [-0.4, -0.2) is 67.4 Å². The lowest BCUT2D eigenvalue weighted by molar-refractivity contribution is -0.142. The van der Waals surface area contributed by atoms with E-state index in [1.807, 2.05) is 27.7 Å². The number of hydrogen-bond acceptors (Lipinski definition) is 8. The number of aromatic hydroxyl groups is 1. The van der Waals surface area contributed by atoms with Crippen LogP contribution in [0.25, 0.3) is 0 Å². The summed E-state index contributed by atoms with van der Waals surface area (Å²) in [7, 11) is 2.75. The molecular weight excluding hydrogens is 478 g/mol. The van der Waals surface area contributed by atoms with Gasteiger partial charge in [-0.1, -0.05) is 20.8 Å². The van der Waals surface area contributed by atoms with Gasteiger partial charge in [-0.15, -0.1) is 0 Å². The van der Waals surface area contributed by atoms with E-state index in [1.54, 1.807) is 23.1 Å². The summed E-state index contributed by atoms with van der Waals surface area (Å²) < 4.78 is 15.7. The predicted octanol–water partition coefficient (Wildman–Crippen LogP) is 3.02. The van der Waals surface area contributed by atoms with Crippen molar-refractivity contribution in [2.45, 2.75) is 39.7 Å². The third-order valence-electron chi connectivity index (χ3n) is 6.02. The van der Waals surface area contributed by atoms with E-state index in [2.05, 4.69) is 10.1 Å². The lowest BCUT2D eigenvalue weighted by Crippen LogP contribution is -2.30. The van der Waals surface area contributed by atoms with Crippen LogP contribution >= 0.6 is 0 Å². The molecule has 0 saturated heterocycles. The fraction of sp³-hybridized carbons (Fsp3) is 0.407. The number of Topliss-reactive ketones (excluding diaryl/α,β-unsaturated/α-hetero) is 1. The van der Waals surface area contributed by atoms with Gasteiger partial charge in [-0.2, -0.15) is 0 Å². The molecule has 1 heterocycles. The Hall–Kier alpha value is -4.08. The summed E-state index contributed by atoms with van der Waals surface area (Å²) in [5.41, 5.74) is 1.88. The largest absolute Gasteiger partial charge is 0.504 e. The smallest absolute Gasteiger partial charge is 0.343 e. The molecule has 1 aliphatic rings. The zero-order chi connectivity index (χ0) is 27.5. The molecule has 10 nitrogen and oxygen atoms in total. The van der Waals surface area contributed by atoms with Gasteiger partial charge in [0.05, 0.1) is 25.8 Å². The van der Waals surface area contributed by atoms with Gasteiger partial charge in [-0.3, -0.25) is 15.0 Å². The number of amidine groups is 1. The van der Waals surface area contributed by atoms with Crippen molar-refractivity contribution in [3.8, 4) is 17.2 Å². The van der Waals surface area contributed by atoms with E-state index in [0.29, 0.717) is 35.6 Å². The predicted molar refractivity (Wildman–Crippen MR) is 137 cm³/mol. The summed E-state index contributed by atoms with van der Waals surface area (Å²) in [5.74, 6) is -0.874. The zero-order valence-corrected chi connectivity index (χ0v) is 22.0. The average Bonchev–Trinajstić information content (AvgIpc) is 3.15. The van der Waals surface area contributed by atoms with Crippen LogP contribution in [0.3, 0.4) is 0 Å². The number of ether oxygens (including phenoxy) is 3. The Bertz CT molecular complexity index is 1250. The lowest BCUT2D eigenvalue weighted by Gasteiger charge is -2.23. The van der Waals surface area contributed by atoms with Gasteiger partial charge in [0, 0.05) is 30.3 Å². The number of carbonyl (C=O) groups excluding carboxylic acids is 3. The van der Waals surface area contributed by atoms with Crippen LogP contribution in [0.5, 0.6) is 17.2 Å². The minimum atomic E-state index is -0.626. The molecule has 10 heteroatoms. The molecule has 0 bridgehead atoms. The van der Waals surface area contributed by atoms with Crippen LogP contribution in [-0.2, 0) is 21.5 Å². The SMILES string of the molecule is CCOc1cc2c(cc1C(=O)NC)C(=N)N(CC(=O)c1cc(OCC(=O)OC)c(O)c(C(C)(C)C)c1)C2. The Kier molecular flexibility index (Phi) is 8.10. The molecule has 0 aromatic heterocycles. The van der Waals surface area contributed by atoms with E-state index in [9.17, 15) is 19.5 Å². The number of benzene rings is 2. The maximum atomic E-state index is 13.4. The van der Waals surface area contributed by atoms with Crippen molar-refractivity contribution in [1.29, 1.82) is 5.41 Å². The normalized spacial score (nSPS) is 12.7. The fourth-order valence-electron chi connectivity index (χ4n) is 4.06. The molecule has 0 unspecified atom stereocenters. The van der Waals surface area contributed by atoms with Crippen LogP contribution in [0.1, 0.15) is 65.1 Å². The number of phenolic OH excluding ortho intramolecular Hbond substituents is 1. The van der Waals surface area contributed by atoms with Crippen LogP contribution in [0.4, 0.5) is 0 Å². The Balaban J connectivity index is 1.91. The first kappa shape index (κ1) is 27.5. The highest BCUT2D eigenvalue weighted by molar-refractivity contribution is 6.07. The summed E-state index contributed by atoms with van der Waals surface area (Å²) in [6, 6.07) is 6.34. The molecule has 1 aliphatic heterocycles. The fourth-order valence-corrected chi connectivity index (χ4v) is 4.06. The van der Waals surface area contributed by atoms with E-state index in [0.717, 1.165) is 5.56 Å². The van der Waals surface area contributed by atoms with Crippen molar-refractivity contribution in [3.63, 3.8) is 0 Å². The highest BCUT2D eigenvalue weighted by atomic mass is 16.6. The second-order valence-corrected chi connectivity index (χ2v) is 9.63. The molecule has 0 saturated carbocycles. The summed E-state index contributed by atoms with van der Waals surface area (Å²) in [5, 5.41) is 22.0. The molecule has 1 amide bonds. The van der Waals surface area contributed by atoms with Gasteiger partial charge < -0.3 is 29.5 Å². The highest BCUT2D eigenvalue weighted by Crippen LogP contribution is 2.39. The number of ketones is 1. The third-order valence-corrected chi connectivity index (χ3v) is 6.02. The van der Waals surface area contributed by atoms with Gasteiger partial charge in [0.1, 0.15) is 11.6 Å². The number of phenols is 1. The molecule has 0 radical (unpaired) electrons. The van der Waals surface area contributed by atoms with Crippen LogP contribution in [0.2, 0.25) is 0 Å². The second kappa shape index (κ2) is 10.9. The van der Waals surface area contributed by atoms with Crippen molar-refractivity contribution in [3.05, 3.63) is 52.1 Å². The van der Waals surface area contributed by atoms with Crippen molar-refractivity contribution in [2.75, 3.05) is 33.9 Å². The van der Waals surface area contributed by atoms with Gasteiger partial charge in [0.25, 0.3) is 5.91 Å². The maximum absolute atomic E-state index is 13.4. The molecule has 198 valence electrons. The maximum Gasteiger partial charge on any atom is 0.343 e. The summed E-state index contributed by atoms with van der Waals surface area (Å²) in [4.78, 5) is 38.9. The number of hydrogen-bond donors (Lipinski definition) is 3. The minimum Gasteiger partial charge on any atom is -0.504 e. The Morgan fingerprint density at radius 2 is 1.81 bits per heavy atom. The number of carbonyl (C=O) groups is 3. The lowest BCUT2D eigenvalue weighted by atomic mass is 9.84. The molecule has 2 aromatic rings. The topological polar surface area (TPSA) is 138 Å². The number of methoxy groups -OCH3 is 1. The van der Waals surface area contributed by atoms with Crippen molar-refractivity contribution in [2.24, 2.45) is 0 Å². The third kappa shape index (κ3) is 5.84. The number of esters is 1.